The van der Waals surface area contributed by atoms with Gasteiger partial charge in [-0.25, -0.2) is 0 Å². The topological polar surface area (TPSA) is 77.9 Å². The van der Waals surface area contributed by atoms with Crippen LogP contribution < -0.4 is 14.2 Å². The van der Waals surface area contributed by atoms with Crippen molar-refractivity contribution in [2.45, 2.75) is 13.5 Å². The third kappa shape index (κ3) is 3.49. The quantitative estimate of drug-likeness (QED) is 0.679. The zero-order chi connectivity index (χ0) is 19.5. The SMILES string of the molecule is Cc1c(COc2ccc(C=O)c(O)c2)cncc1-c1ccc2c(c1)OCCO2. The molecule has 28 heavy (non-hydrogen) atoms. The van der Waals surface area contributed by atoms with Crippen LogP contribution in [0.1, 0.15) is 21.5 Å². The monoisotopic (exact) mass is 377 g/mol. The van der Waals surface area contributed by atoms with Gasteiger partial charge in [-0.15, -0.1) is 0 Å². The van der Waals surface area contributed by atoms with Gasteiger partial charge in [-0.2, -0.15) is 0 Å². The molecule has 1 aromatic heterocycles. The van der Waals surface area contributed by atoms with E-state index in [0.717, 1.165) is 33.8 Å². The van der Waals surface area contributed by atoms with Gasteiger partial charge in [-0.05, 0) is 42.3 Å². The third-order valence-corrected chi connectivity index (χ3v) is 4.70. The molecule has 142 valence electrons. The lowest BCUT2D eigenvalue weighted by Crippen LogP contribution is -2.15. The van der Waals surface area contributed by atoms with E-state index in [0.29, 0.717) is 25.2 Å². The predicted octanol–water partition coefficient (Wildman–Crippen LogP) is 3.93. The third-order valence-electron chi connectivity index (χ3n) is 4.70. The van der Waals surface area contributed by atoms with E-state index in [1.165, 1.54) is 12.1 Å². The number of benzene rings is 2. The average molecular weight is 377 g/mol. The van der Waals surface area contributed by atoms with E-state index in [1.807, 2.05) is 31.3 Å². The number of carbonyl (C=O) groups excluding carboxylic acids is 1. The summed E-state index contributed by atoms with van der Waals surface area (Å²) in [5, 5.41) is 9.79. The molecule has 0 aliphatic carbocycles. The minimum atomic E-state index is -0.104. The predicted molar refractivity (Wildman–Crippen MR) is 103 cm³/mol. The molecule has 0 atom stereocenters. The maximum Gasteiger partial charge on any atom is 0.161 e. The van der Waals surface area contributed by atoms with Crippen molar-refractivity contribution in [2.75, 3.05) is 13.2 Å². The first kappa shape index (κ1) is 17.9. The highest BCUT2D eigenvalue weighted by Gasteiger charge is 2.15. The molecular formula is C22H19NO5. The van der Waals surface area contributed by atoms with Gasteiger partial charge in [0, 0.05) is 29.6 Å². The van der Waals surface area contributed by atoms with Crippen LogP contribution in [-0.2, 0) is 6.61 Å². The maximum atomic E-state index is 10.8. The lowest BCUT2D eigenvalue weighted by atomic mass is 9.99. The van der Waals surface area contributed by atoms with Gasteiger partial charge in [-0.3, -0.25) is 9.78 Å². The second-order valence-corrected chi connectivity index (χ2v) is 6.46. The number of hydrogen-bond acceptors (Lipinski definition) is 6. The van der Waals surface area contributed by atoms with Crippen LogP contribution >= 0.6 is 0 Å². The Labute approximate surface area is 162 Å². The molecule has 6 nitrogen and oxygen atoms in total. The summed E-state index contributed by atoms with van der Waals surface area (Å²) in [6.45, 7) is 3.40. The molecule has 1 aliphatic rings. The Hall–Kier alpha value is -3.54. The fourth-order valence-corrected chi connectivity index (χ4v) is 3.09. The van der Waals surface area contributed by atoms with Crippen LogP contribution in [0.25, 0.3) is 11.1 Å². The molecule has 4 rings (SSSR count). The van der Waals surface area contributed by atoms with Gasteiger partial charge in [0.1, 0.15) is 31.3 Å². The molecule has 0 saturated heterocycles. The van der Waals surface area contributed by atoms with E-state index in [-0.39, 0.29) is 17.9 Å². The number of pyridine rings is 1. The molecule has 2 aromatic carbocycles. The summed E-state index contributed by atoms with van der Waals surface area (Å²) in [5.41, 5.74) is 4.17. The Kier molecular flexibility index (Phi) is 4.85. The maximum absolute atomic E-state index is 10.8. The Morgan fingerprint density at radius 1 is 1.11 bits per heavy atom. The Bertz CT molecular complexity index is 1030. The molecule has 0 saturated carbocycles. The number of rotatable bonds is 5. The fourth-order valence-electron chi connectivity index (χ4n) is 3.09. The molecule has 0 bridgehead atoms. The largest absolute Gasteiger partial charge is 0.507 e. The number of aromatic nitrogens is 1. The van der Waals surface area contributed by atoms with Crippen molar-refractivity contribution in [1.82, 2.24) is 4.98 Å². The van der Waals surface area contributed by atoms with Crippen LogP contribution in [0.15, 0.2) is 48.8 Å². The van der Waals surface area contributed by atoms with Crippen LogP contribution in [0.3, 0.4) is 0 Å². The number of hydrogen-bond donors (Lipinski definition) is 1. The van der Waals surface area contributed by atoms with Crippen molar-refractivity contribution in [1.29, 1.82) is 0 Å². The molecule has 0 amide bonds. The average Bonchev–Trinajstić information content (AvgIpc) is 2.73. The molecule has 0 radical (unpaired) electrons. The summed E-state index contributed by atoms with van der Waals surface area (Å²) in [6, 6.07) is 10.4. The van der Waals surface area contributed by atoms with Crippen molar-refractivity contribution in [3.8, 4) is 34.1 Å². The van der Waals surface area contributed by atoms with Gasteiger partial charge in [0.05, 0.1) is 5.56 Å². The summed E-state index contributed by atoms with van der Waals surface area (Å²) >= 11 is 0. The highest BCUT2D eigenvalue weighted by molar-refractivity contribution is 5.79. The van der Waals surface area contributed by atoms with Crippen molar-refractivity contribution >= 4 is 6.29 Å². The lowest BCUT2D eigenvalue weighted by molar-refractivity contribution is 0.112. The normalized spacial score (nSPS) is 12.5. The second-order valence-electron chi connectivity index (χ2n) is 6.46. The van der Waals surface area contributed by atoms with Crippen LogP contribution in [0.4, 0.5) is 0 Å². The van der Waals surface area contributed by atoms with Crippen molar-refractivity contribution < 1.29 is 24.1 Å². The molecule has 1 N–H and O–H groups in total. The van der Waals surface area contributed by atoms with E-state index in [2.05, 4.69) is 4.98 Å². The zero-order valence-electron chi connectivity index (χ0n) is 15.3. The van der Waals surface area contributed by atoms with E-state index in [4.69, 9.17) is 14.2 Å². The molecule has 2 heterocycles. The first-order chi connectivity index (χ1) is 13.7. The highest BCUT2D eigenvalue weighted by atomic mass is 16.6. The molecule has 1 aliphatic heterocycles. The molecule has 0 fully saturated rings. The van der Waals surface area contributed by atoms with Crippen LogP contribution in [-0.4, -0.2) is 29.6 Å². The second kappa shape index (κ2) is 7.60. The molecule has 6 heteroatoms. The number of carbonyl (C=O) groups is 1. The minimum absolute atomic E-state index is 0.104. The van der Waals surface area contributed by atoms with Gasteiger partial charge in [0.25, 0.3) is 0 Å². The highest BCUT2D eigenvalue weighted by Crippen LogP contribution is 2.36. The molecular weight excluding hydrogens is 358 g/mol. The lowest BCUT2D eigenvalue weighted by Gasteiger charge is -2.19. The summed E-state index contributed by atoms with van der Waals surface area (Å²) in [4.78, 5) is 15.1. The smallest absolute Gasteiger partial charge is 0.161 e. The summed E-state index contributed by atoms with van der Waals surface area (Å²) < 4.78 is 17.0. The van der Waals surface area contributed by atoms with Crippen molar-refractivity contribution in [2.24, 2.45) is 0 Å². The van der Waals surface area contributed by atoms with E-state index in [9.17, 15) is 9.90 Å². The molecule has 0 unspecified atom stereocenters. The van der Waals surface area contributed by atoms with E-state index < -0.39 is 0 Å². The Morgan fingerprint density at radius 3 is 2.71 bits per heavy atom. The van der Waals surface area contributed by atoms with Crippen molar-refractivity contribution in [3.05, 3.63) is 65.5 Å². The zero-order valence-corrected chi connectivity index (χ0v) is 15.3. The number of phenols is 1. The van der Waals surface area contributed by atoms with Crippen molar-refractivity contribution in [3.63, 3.8) is 0 Å². The standard InChI is InChI=1S/C22H19NO5/c1-14-17(13-28-18-4-2-16(12-24)20(25)9-18)10-23-11-19(14)15-3-5-21-22(8-15)27-7-6-26-21/h2-5,8-12,25H,6-7,13H2,1H3. The number of aldehydes is 1. The Morgan fingerprint density at radius 2 is 1.93 bits per heavy atom. The number of ether oxygens (including phenoxy) is 3. The first-order valence-corrected chi connectivity index (χ1v) is 8.90. The van der Waals surface area contributed by atoms with Crippen LogP contribution in [0.2, 0.25) is 0 Å². The first-order valence-electron chi connectivity index (χ1n) is 8.90. The van der Waals surface area contributed by atoms with E-state index >= 15 is 0 Å². The Balaban J connectivity index is 1.57. The minimum Gasteiger partial charge on any atom is -0.507 e. The number of phenolic OH excluding ortho intramolecular Hbond substituents is 1. The van der Waals surface area contributed by atoms with Crippen LogP contribution in [0.5, 0.6) is 23.0 Å². The van der Waals surface area contributed by atoms with Gasteiger partial charge in [-0.1, -0.05) is 6.07 Å². The van der Waals surface area contributed by atoms with Gasteiger partial charge >= 0.3 is 0 Å². The fraction of sp³-hybridized carbons (Fsp3) is 0.182. The van der Waals surface area contributed by atoms with Gasteiger partial charge in [0.2, 0.25) is 0 Å². The summed E-state index contributed by atoms with van der Waals surface area (Å²) in [6.07, 6.45) is 4.18. The van der Waals surface area contributed by atoms with Crippen LogP contribution in [0, 0.1) is 6.92 Å². The summed E-state index contributed by atoms with van der Waals surface area (Å²) in [5.74, 6) is 1.86. The summed E-state index contributed by atoms with van der Waals surface area (Å²) in [7, 11) is 0. The number of nitrogens with zero attached hydrogens (tertiary/aromatic N) is 1. The van der Waals surface area contributed by atoms with E-state index in [1.54, 1.807) is 12.3 Å². The number of fused-ring (bicyclic) bond motifs is 1. The molecule has 0 spiro atoms. The number of aromatic hydroxyl groups is 1. The molecule has 3 aromatic rings. The van der Waals surface area contributed by atoms with Gasteiger partial charge in [0.15, 0.2) is 17.8 Å². The van der Waals surface area contributed by atoms with Gasteiger partial charge < -0.3 is 19.3 Å².